The fourth-order valence-corrected chi connectivity index (χ4v) is 4.63. The average molecular weight is 355 g/mol. The number of benzene rings is 2. The molecule has 0 unspecified atom stereocenters. The molecule has 0 aromatic heterocycles. The molecule has 0 heterocycles. The third kappa shape index (κ3) is 3.90. The predicted molar refractivity (Wildman–Crippen MR) is 86.9 cm³/mol. The molecule has 0 spiro atoms. The third-order valence-electron chi connectivity index (χ3n) is 3.04. The van der Waals surface area contributed by atoms with Crippen LogP contribution in [0.2, 0.25) is 0 Å². The molecule has 2 aromatic rings. The van der Waals surface area contributed by atoms with E-state index in [2.05, 4.69) is 5.32 Å². The first kappa shape index (κ1) is 17.5. The van der Waals surface area contributed by atoms with E-state index in [0.29, 0.717) is 0 Å². The van der Waals surface area contributed by atoms with Gasteiger partial charge in [-0.2, -0.15) is 8.42 Å². The first-order chi connectivity index (χ1) is 10.6. The van der Waals surface area contributed by atoms with Gasteiger partial charge >= 0.3 is 0 Å². The van der Waals surface area contributed by atoms with Crippen LogP contribution in [0.25, 0.3) is 0 Å². The monoisotopic (exact) mass is 355 g/mol. The molecule has 0 radical (unpaired) electrons. The average Bonchev–Trinajstić information content (AvgIpc) is 2.46. The Kier molecular flexibility index (Phi) is 4.79. The Hall–Kier alpha value is -1.90. The molecule has 0 amide bonds. The van der Waals surface area contributed by atoms with Crippen LogP contribution in [0.1, 0.15) is 13.8 Å². The van der Waals surface area contributed by atoms with E-state index in [0.717, 1.165) is 17.8 Å². The summed E-state index contributed by atoms with van der Waals surface area (Å²) < 4.78 is 57.3. The van der Waals surface area contributed by atoms with Crippen molar-refractivity contribution in [3.63, 3.8) is 0 Å². The highest BCUT2D eigenvalue weighted by atomic mass is 32.2. The van der Waals surface area contributed by atoms with Gasteiger partial charge in [0.1, 0.15) is 4.90 Å². The number of hydrogen-bond donors (Lipinski definition) is 2. The van der Waals surface area contributed by atoms with Gasteiger partial charge in [0.25, 0.3) is 10.1 Å². The number of nitrogens with one attached hydrogen (secondary N) is 1. The number of rotatable bonds is 5. The zero-order chi connectivity index (χ0) is 17.3. The molecule has 0 saturated carbocycles. The largest absolute Gasteiger partial charge is 0.383 e. The van der Waals surface area contributed by atoms with E-state index in [1.165, 1.54) is 24.3 Å². The van der Waals surface area contributed by atoms with E-state index in [4.69, 9.17) is 0 Å². The van der Waals surface area contributed by atoms with Gasteiger partial charge in [-0.3, -0.25) is 4.55 Å². The van der Waals surface area contributed by atoms with E-state index in [-0.39, 0.29) is 10.9 Å². The maximum absolute atomic E-state index is 12.6. The SMILES string of the molecule is CC(C)Nc1ccc(S(=O)(=O)c2ccccc2S(=O)(=O)O)cc1. The molecule has 2 aromatic carbocycles. The van der Waals surface area contributed by atoms with E-state index < -0.39 is 29.7 Å². The first-order valence-corrected chi connectivity index (χ1v) is 9.73. The van der Waals surface area contributed by atoms with Crippen molar-refractivity contribution in [2.75, 3.05) is 5.32 Å². The number of anilines is 1. The molecule has 0 saturated heterocycles. The Bertz CT molecular complexity index is 901. The molecule has 0 fully saturated rings. The van der Waals surface area contributed by atoms with E-state index in [1.807, 2.05) is 13.8 Å². The molecule has 6 nitrogen and oxygen atoms in total. The Morgan fingerprint density at radius 3 is 1.87 bits per heavy atom. The van der Waals surface area contributed by atoms with Crippen molar-refractivity contribution in [2.45, 2.75) is 34.6 Å². The lowest BCUT2D eigenvalue weighted by Crippen LogP contribution is -2.11. The van der Waals surface area contributed by atoms with E-state index >= 15 is 0 Å². The molecule has 0 bridgehead atoms. The summed E-state index contributed by atoms with van der Waals surface area (Å²) in [7, 11) is -8.71. The van der Waals surface area contributed by atoms with Gasteiger partial charge in [0.15, 0.2) is 0 Å². The van der Waals surface area contributed by atoms with Crippen LogP contribution in [0.3, 0.4) is 0 Å². The lowest BCUT2D eigenvalue weighted by atomic mass is 10.3. The summed E-state index contributed by atoms with van der Waals surface area (Å²) in [5.74, 6) is 0. The Morgan fingerprint density at radius 2 is 1.39 bits per heavy atom. The summed E-state index contributed by atoms with van der Waals surface area (Å²) in [5.41, 5.74) is 0.752. The van der Waals surface area contributed by atoms with Crippen molar-refractivity contribution in [1.82, 2.24) is 0 Å². The van der Waals surface area contributed by atoms with E-state index in [9.17, 15) is 21.4 Å². The summed E-state index contributed by atoms with van der Waals surface area (Å²) in [4.78, 5) is -1.14. The van der Waals surface area contributed by atoms with Crippen LogP contribution in [-0.4, -0.2) is 27.4 Å². The van der Waals surface area contributed by atoms with Crippen LogP contribution in [0.5, 0.6) is 0 Å². The summed E-state index contributed by atoms with van der Waals surface area (Å²) >= 11 is 0. The number of hydrogen-bond acceptors (Lipinski definition) is 5. The van der Waals surface area contributed by atoms with Crippen LogP contribution in [0.15, 0.2) is 63.2 Å². The van der Waals surface area contributed by atoms with Gasteiger partial charge in [0.05, 0.1) is 9.79 Å². The van der Waals surface area contributed by atoms with Crippen molar-refractivity contribution in [1.29, 1.82) is 0 Å². The summed E-state index contributed by atoms with van der Waals surface area (Å²) in [6.07, 6.45) is 0. The molecule has 23 heavy (non-hydrogen) atoms. The van der Waals surface area contributed by atoms with Crippen LogP contribution in [0.4, 0.5) is 5.69 Å². The maximum atomic E-state index is 12.6. The number of sulfone groups is 1. The van der Waals surface area contributed by atoms with Gasteiger partial charge in [-0.05, 0) is 50.2 Å². The molecule has 0 aliphatic rings. The van der Waals surface area contributed by atoms with Crippen LogP contribution < -0.4 is 5.32 Å². The summed E-state index contributed by atoms with van der Waals surface area (Å²) in [5, 5.41) is 3.13. The van der Waals surface area contributed by atoms with Crippen molar-refractivity contribution in [3.8, 4) is 0 Å². The highest BCUT2D eigenvalue weighted by Crippen LogP contribution is 2.27. The minimum atomic E-state index is -4.64. The quantitative estimate of drug-likeness (QED) is 0.800. The van der Waals surface area contributed by atoms with Crippen molar-refractivity contribution >= 4 is 25.6 Å². The van der Waals surface area contributed by atoms with Crippen molar-refractivity contribution in [3.05, 3.63) is 48.5 Å². The molecule has 0 aliphatic heterocycles. The fraction of sp³-hybridized carbons (Fsp3) is 0.200. The lowest BCUT2D eigenvalue weighted by molar-refractivity contribution is 0.480. The zero-order valence-corrected chi connectivity index (χ0v) is 14.2. The smallest absolute Gasteiger partial charge is 0.295 e. The Morgan fingerprint density at radius 1 is 0.870 bits per heavy atom. The summed E-state index contributed by atoms with van der Waals surface area (Å²) in [6, 6.07) is 11.1. The van der Waals surface area contributed by atoms with Gasteiger partial charge in [0, 0.05) is 11.7 Å². The lowest BCUT2D eigenvalue weighted by Gasteiger charge is -2.12. The Labute approximate surface area is 135 Å². The molecule has 124 valence electrons. The minimum absolute atomic E-state index is 0.0529. The second kappa shape index (κ2) is 6.31. The van der Waals surface area contributed by atoms with Crippen LogP contribution in [-0.2, 0) is 20.0 Å². The molecule has 0 aliphatic carbocycles. The van der Waals surface area contributed by atoms with Gasteiger partial charge < -0.3 is 5.32 Å². The fourth-order valence-electron chi connectivity index (χ4n) is 2.08. The second-order valence-corrected chi connectivity index (χ2v) is 8.56. The highest BCUT2D eigenvalue weighted by molar-refractivity contribution is 7.92. The Balaban J connectivity index is 2.52. The second-order valence-electron chi connectivity index (χ2n) is 5.25. The molecule has 2 N–H and O–H groups in total. The molecular weight excluding hydrogens is 338 g/mol. The summed E-state index contributed by atoms with van der Waals surface area (Å²) in [6.45, 7) is 3.90. The maximum Gasteiger partial charge on any atom is 0.295 e. The third-order valence-corrected chi connectivity index (χ3v) is 5.91. The van der Waals surface area contributed by atoms with Crippen molar-refractivity contribution in [2.24, 2.45) is 0 Å². The van der Waals surface area contributed by atoms with Gasteiger partial charge in [-0.15, -0.1) is 0 Å². The topological polar surface area (TPSA) is 101 Å². The molecular formula is C15H17NO5S2. The predicted octanol–water partition coefficient (Wildman–Crippen LogP) is 2.59. The zero-order valence-electron chi connectivity index (χ0n) is 12.6. The van der Waals surface area contributed by atoms with Crippen LogP contribution in [0, 0.1) is 0 Å². The standard InChI is InChI=1S/C15H17NO5S2/c1-11(2)16-12-7-9-13(10-8-12)22(17,18)14-5-3-4-6-15(14)23(19,20)21/h3-11,16H,1-2H3,(H,19,20,21). The normalized spacial score (nSPS) is 12.3. The highest BCUT2D eigenvalue weighted by Gasteiger charge is 2.26. The minimum Gasteiger partial charge on any atom is -0.383 e. The first-order valence-electron chi connectivity index (χ1n) is 6.80. The van der Waals surface area contributed by atoms with Crippen molar-refractivity contribution < 1.29 is 21.4 Å². The molecule has 2 rings (SSSR count). The van der Waals surface area contributed by atoms with Gasteiger partial charge in [-0.25, -0.2) is 8.42 Å². The molecule has 8 heteroatoms. The van der Waals surface area contributed by atoms with E-state index in [1.54, 1.807) is 12.1 Å². The molecule has 0 atom stereocenters. The van der Waals surface area contributed by atoms with Gasteiger partial charge in [0.2, 0.25) is 9.84 Å². The van der Waals surface area contributed by atoms with Crippen LogP contribution >= 0.6 is 0 Å². The van der Waals surface area contributed by atoms with Gasteiger partial charge in [-0.1, -0.05) is 12.1 Å².